The molecule has 100 valence electrons. The predicted octanol–water partition coefficient (Wildman–Crippen LogP) is 2.05. The molecule has 2 rings (SSSR count). The summed E-state index contributed by atoms with van der Waals surface area (Å²) in [6, 6.07) is 16.7. The molecule has 5 heteroatoms. The van der Waals surface area contributed by atoms with Crippen LogP contribution in [0.5, 0.6) is 0 Å². The van der Waals surface area contributed by atoms with Gasteiger partial charge < -0.3 is 0 Å². The lowest BCUT2D eigenvalue weighted by molar-refractivity contribution is 0.333. The quantitative estimate of drug-likeness (QED) is 0.849. The summed E-state index contributed by atoms with van der Waals surface area (Å²) in [5, 5.41) is 0. The number of benzene rings is 2. The van der Waals surface area contributed by atoms with Gasteiger partial charge in [-0.2, -0.15) is 18.6 Å². The van der Waals surface area contributed by atoms with Gasteiger partial charge in [0.25, 0.3) is 0 Å². The van der Waals surface area contributed by atoms with Gasteiger partial charge in [0.05, 0.1) is 4.90 Å². The fourth-order valence-electron chi connectivity index (χ4n) is 1.81. The van der Waals surface area contributed by atoms with Crippen LogP contribution >= 0.6 is 0 Å². The lowest BCUT2D eigenvalue weighted by Crippen LogP contribution is -2.11. The van der Waals surface area contributed by atoms with Gasteiger partial charge in [-0.25, -0.2) is 0 Å². The molecule has 0 unspecified atom stereocenters. The van der Waals surface area contributed by atoms with Crippen molar-refractivity contribution < 1.29 is 12.7 Å². The molecule has 0 heterocycles. The summed E-state index contributed by atoms with van der Waals surface area (Å²) in [5.41, 5.74) is 2.32. The summed E-state index contributed by atoms with van der Waals surface area (Å²) >= 11 is 0. The summed E-state index contributed by atoms with van der Waals surface area (Å²) in [4.78, 5) is 0.0680. The molecule has 0 aromatic heterocycles. The van der Waals surface area contributed by atoms with Gasteiger partial charge in [-0.1, -0.05) is 42.5 Å². The first kappa shape index (κ1) is 13.7. The van der Waals surface area contributed by atoms with E-state index in [1.807, 2.05) is 18.2 Å². The van der Waals surface area contributed by atoms with Crippen LogP contribution in [0.15, 0.2) is 59.5 Å². The Kier molecular flexibility index (Phi) is 4.31. The molecule has 4 nitrogen and oxygen atoms in total. The molecule has 0 spiro atoms. The highest BCUT2D eigenvalue weighted by Gasteiger charge is 2.12. The van der Waals surface area contributed by atoms with Gasteiger partial charge in [0.1, 0.15) is 0 Å². The molecule has 0 aliphatic rings. The molecule has 0 aliphatic carbocycles. The molecule has 0 saturated carbocycles. The van der Waals surface area contributed by atoms with E-state index >= 15 is 0 Å². The number of aryl methyl sites for hydroxylation is 2. The molecule has 2 N–H and O–H groups in total. The molecule has 0 aliphatic heterocycles. The van der Waals surface area contributed by atoms with Crippen molar-refractivity contribution in [3.8, 4) is 0 Å². The average Bonchev–Trinajstić information content (AvgIpc) is 2.47. The van der Waals surface area contributed by atoms with E-state index in [0.717, 1.165) is 18.4 Å². The predicted molar refractivity (Wildman–Crippen MR) is 72.8 cm³/mol. The lowest BCUT2D eigenvalue weighted by Gasteiger charge is -2.04. The second kappa shape index (κ2) is 5.97. The van der Waals surface area contributed by atoms with E-state index < -0.39 is 10.1 Å². The highest BCUT2D eigenvalue weighted by Crippen LogP contribution is 2.13. The average molecular weight is 277 g/mol. The minimum Gasteiger partial charge on any atom is -0.197 e. The molecule has 0 saturated heterocycles. The third-order valence-corrected chi connectivity index (χ3v) is 3.99. The minimum atomic E-state index is -3.80. The van der Waals surface area contributed by atoms with E-state index in [9.17, 15) is 8.42 Å². The van der Waals surface area contributed by atoms with Gasteiger partial charge in [-0.15, -0.1) is 0 Å². The monoisotopic (exact) mass is 277 g/mol. The second-order valence-electron chi connectivity index (χ2n) is 4.18. The van der Waals surface area contributed by atoms with Crippen molar-refractivity contribution in [1.82, 2.24) is 0 Å². The molecular formula is C14H15NO3S. The van der Waals surface area contributed by atoms with Gasteiger partial charge >= 0.3 is 10.1 Å². The zero-order valence-corrected chi connectivity index (χ0v) is 11.1. The highest BCUT2D eigenvalue weighted by atomic mass is 32.2. The second-order valence-corrected chi connectivity index (χ2v) is 5.75. The van der Waals surface area contributed by atoms with Crippen molar-refractivity contribution in [3.05, 3.63) is 65.7 Å². The van der Waals surface area contributed by atoms with Gasteiger partial charge in [-0.3, -0.25) is 0 Å². The van der Waals surface area contributed by atoms with Crippen molar-refractivity contribution in [1.29, 1.82) is 0 Å². The molecule has 2 aromatic carbocycles. The zero-order chi connectivity index (χ0) is 13.7. The molecule has 0 atom stereocenters. The van der Waals surface area contributed by atoms with Crippen LogP contribution in [0.4, 0.5) is 0 Å². The third-order valence-electron chi connectivity index (χ3n) is 2.88. The Balaban J connectivity index is 2.04. The Morgan fingerprint density at radius 3 is 1.89 bits per heavy atom. The molecule has 0 bridgehead atoms. The maximum atomic E-state index is 11.3. The van der Waals surface area contributed by atoms with Crippen LogP contribution in [-0.4, -0.2) is 8.42 Å². The SMILES string of the molecule is NOS(=O)(=O)c1ccc(CCc2ccccc2)cc1. The van der Waals surface area contributed by atoms with Gasteiger partial charge in [-0.05, 0) is 36.1 Å². The maximum Gasteiger partial charge on any atom is 0.312 e. The van der Waals surface area contributed by atoms with Crippen LogP contribution in [0.3, 0.4) is 0 Å². The first-order chi connectivity index (χ1) is 9.12. The van der Waals surface area contributed by atoms with Gasteiger partial charge in [0.2, 0.25) is 0 Å². The fourth-order valence-corrected chi connectivity index (χ4v) is 2.39. The van der Waals surface area contributed by atoms with Crippen molar-refractivity contribution in [2.24, 2.45) is 5.90 Å². The van der Waals surface area contributed by atoms with Crippen LogP contribution in [0.25, 0.3) is 0 Å². The standard InChI is InChI=1S/C14H15NO3S/c15-18-19(16,17)14-10-8-13(9-11-14)7-6-12-4-2-1-3-5-12/h1-5,8-11H,6-7,15H2. The highest BCUT2D eigenvalue weighted by molar-refractivity contribution is 7.86. The fraction of sp³-hybridized carbons (Fsp3) is 0.143. The topological polar surface area (TPSA) is 69.4 Å². The van der Waals surface area contributed by atoms with E-state index in [-0.39, 0.29) is 4.90 Å². The summed E-state index contributed by atoms with van der Waals surface area (Å²) in [6.07, 6.45) is 1.77. The van der Waals surface area contributed by atoms with Gasteiger partial charge in [0, 0.05) is 0 Å². The van der Waals surface area contributed by atoms with Crippen LogP contribution in [0.1, 0.15) is 11.1 Å². The third kappa shape index (κ3) is 3.64. The molecule has 0 fully saturated rings. The maximum absolute atomic E-state index is 11.3. The summed E-state index contributed by atoms with van der Waals surface area (Å²) < 4.78 is 26.7. The first-order valence-corrected chi connectivity index (χ1v) is 7.29. The summed E-state index contributed by atoms with van der Waals surface area (Å²) in [5.74, 6) is 4.72. The van der Waals surface area contributed by atoms with E-state index in [2.05, 4.69) is 16.4 Å². The smallest absolute Gasteiger partial charge is 0.197 e. The Morgan fingerprint density at radius 2 is 1.37 bits per heavy atom. The molecule has 0 amide bonds. The van der Waals surface area contributed by atoms with Crippen LogP contribution < -0.4 is 5.90 Å². The van der Waals surface area contributed by atoms with E-state index in [0.29, 0.717) is 0 Å². The normalized spacial score (nSPS) is 11.4. The largest absolute Gasteiger partial charge is 0.312 e. The van der Waals surface area contributed by atoms with Crippen molar-refractivity contribution >= 4 is 10.1 Å². The zero-order valence-electron chi connectivity index (χ0n) is 10.3. The summed E-state index contributed by atoms with van der Waals surface area (Å²) in [7, 11) is -3.80. The van der Waals surface area contributed by atoms with E-state index in [1.54, 1.807) is 12.1 Å². The van der Waals surface area contributed by atoms with Gasteiger partial charge in [0.15, 0.2) is 0 Å². The molecular weight excluding hydrogens is 262 g/mol. The van der Waals surface area contributed by atoms with Crippen molar-refractivity contribution in [2.45, 2.75) is 17.7 Å². The molecule has 0 radical (unpaired) electrons. The Morgan fingerprint density at radius 1 is 0.842 bits per heavy atom. The van der Waals surface area contributed by atoms with E-state index in [1.165, 1.54) is 17.7 Å². The van der Waals surface area contributed by atoms with Crippen LogP contribution in [0, 0.1) is 0 Å². The van der Waals surface area contributed by atoms with Crippen molar-refractivity contribution in [3.63, 3.8) is 0 Å². The Bertz CT molecular complexity index is 622. The van der Waals surface area contributed by atoms with Crippen molar-refractivity contribution in [2.75, 3.05) is 0 Å². The van der Waals surface area contributed by atoms with E-state index in [4.69, 9.17) is 5.90 Å². The molecule has 2 aromatic rings. The number of hydrogen-bond donors (Lipinski definition) is 1. The Hall–Kier alpha value is -1.69. The Labute approximate surface area is 112 Å². The number of rotatable bonds is 5. The number of nitrogens with two attached hydrogens (primary N) is 1. The molecule has 19 heavy (non-hydrogen) atoms. The van der Waals surface area contributed by atoms with Crippen LogP contribution in [0.2, 0.25) is 0 Å². The number of hydrogen-bond acceptors (Lipinski definition) is 4. The lowest BCUT2D eigenvalue weighted by atomic mass is 10.0. The minimum absolute atomic E-state index is 0.0680. The summed E-state index contributed by atoms with van der Waals surface area (Å²) in [6.45, 7) is 0. The first-order valence-electron chi connectivity index (χ1n) is 5.88. The van der Waals surface area contributed by atoms with Crippen LogP contribution in [-0.2, 0) is 27.2 Å².